The maximum Gasteiger partial charge on any atom is 0.214 e. The van der Waals surface area contributed by atoms with Crippen LogP contribution in [0.2, 0.25) is 0 Å². The summed E-state index contributed by atoms with van der Waals surface area (Å²) in [4.78, 5) is 11.5. The molecule has 4 rings (SSSR count). The molecule has 1 aromatic carbocycles. The van der Waals surface area contributed by atoms with Crippen molar-refractivity contribution in [2.75, 3.05) is 30.6 Å². The van der Waals surface area contributed by atoms with Crippen molar-refractivity contribution in [1.29, 1.82) is 0 Å². The number of fused-ring (bicyclic) bond motifs is 3. The van der Waals surface area contributed by atoms with E-state index in [0.717, 1.165) is 55.6 Å². The van der Waals surface area contributed by atoms with Crippen LogP contribution in [0.4, 0.5) is 11.8 Å². The van der Waals surface area contributed by atoms with E-state index in [2.05, 4.69) is 66.2 Å². The number of rotatable bonds is 4. The fraction of sp³-hybridized carbons (Fsp3) is 0.450. The maximum atomic E-state index is 11.0. The SMILES string of the molecule is CCCC1=CN(Cc2ccccc2)c2nc3c(n2C1O)CN(C)CN3C. The fourth-order valence-corrected chi connectivity index (χ4v) is 3.96. The number of aromatic nitrogens is 2. The average molecular weight is 353 g/mol. The molecular formula is C20H27N5O. The molecule has 0 saturated heterocycles. The van der Waals surface area contributed by atoms with Gasteiger partial charge < -0.3 is 14.9 Å². The van der Waals surface area contributed by atoms with E-state index in [4.69, 9.17) is 4.98 Å². The van der Waals surface area contributed by atoms with Crippen molar-refractivity contribution in [3.05, 3.63) is 53.4 Å². The predicted octanol–water partition coefficient (Wildman–Crippen LogP) is 2.92. The number of imidazole rings is 1. The normalized spacial score (nSPS) is 20.0. The van der Waals surface area contributed by atoms with Crippen molar-refractivity contribution in [3.63, 3.8) is 0 Å². The van der Waals surface area contributed by atoms with Crippen molar-refractivity contribution in [3.8, 4) is 0 Å². The van der Waals surface area contributed by atoms with E-state index in [1.165, 1.54) is 5.56 Å². The van der Waals surface area contributed by atoms with Gasteiger partial charge in [-0.1, -0.05) is 43.7 Å². The summed E-state index contributed by atoms with van der Waals surface area (Å²) in [6.45, 7) is 4.53. The molecule has 0 radical (unpaired) electrons. The van der Waals surface area contributed by atoms with Gasteiger partial charge in [0.05, 0.1) is 18.9 Å². The zero-order valence-electron chi connectivity index (χ0n) is 15.8. The van der Waals surface area contributed by atoms with E-state index in [-0.39, 0.29) is 0 Å². The van der Waals surface area contributed by atoms with Gasteiger partial charge in [0.25, 0.3) is 0 Å². The van der Waals surface area contributed by atoms with Gasteiger partial charge in [-0.05, 0) is 24.6 Å². The van der Waals surface area contributed by atoms with Crippen molar-refractivity contribution < 1.29 is 5.11 Å². The summed E-state index contributed by atoms with van der Waals surface area (Å²) in [5.74, 6) is 1.80. The Bertz CT molecular complexity index is 813. The van der Waals surface area contributed by atoms with Gasteiger partial charge in [-0.15, -0.1) is 0 Å². The van der Waals surface area contributed by atoms with E-state index in [1.54, 1.807) is 0 Å². The summed E-state index contributed by atoms with van der Waals surface area (Å²) in [7, 11) is 4.15. The number of nitrogens with zero attached hydrogens (tertiary/aromatic N) is 5. The monoisotopic (exact) mass is 353 g/mol. The Kier molecular flexibility index (Phi) is 4.46. The van der Waals surface area contributed by atoms with Crippen LogP contribution in [-0.4, -0.2) is 40.3 Å². The van der Waals surface area contributed by atoms with Gasteiger partial charge in [-0.25, -0.2) is 0 Å². The zero-order valence-corrected chi connectivity index (χ0v) is 15.8. The molecule has 1 unspecified atom stereocenters. The van der Waals surface area contributed by atoms with Gasteiger partial charge in [0.15, 0.2) is 12.0 Å². The third kappa shape index (κ3) is 2.89. The predicted molar refractivity (Wildman–Crippen MR) is 104 cm³/mol. The highest BCUT2D eigenvalue weighted by Gasteiger charge is 2.34. The number of hydrogen-bond donors (Lipinski definition) is 1. The lowest BCUT2D eigenvalue weighted by molar-refractivity contribution is 0.128. The van der Waals surface area contributed by atoms with Crippen molar-refractivity contribution >= 4 is 11.8 Å². The van der Waals surface area contributed by atoms with Gasteiger partial charge in [-0.3, -0.25) is 9.47 Å². The average Bonchev–Trinajstić information content (AvgIpc) is 3.00. The summed E-state index contributed by atoms with van der Waals surface area (Å²) in [6, 6.07) is 10.4. The van der Waals surface area contributed by atoms with E-state index < -0.39 is 6.23 Å². The molecule has 6 nitrogen and oxygen atoms in total. The summed E-state index contributed by atoms with van der Waals surface area (Å²) < 4.78 is 2.02. The quantitative estimate of drug-likeness (QED) is 0.916. The topological polar surface area (TPSA) is 47.8 Å². The Morgan fingerprint density at radius 1 is 1.19 bits per heavy atom. The molecular weight excluding hydrogens is 326 g/mol. The second-order valence-corrected chi connectivity index (χ2v) is 7.35. The highest BCUT2D eigenvalue weighted by Crippen LogP contribution is 2.39. The largest absolute Gasteiger partial charge is 0.369 e. The molecule has 2 aromatic rings. The van der Waals surface area contributed by atoms with Crippen LogP contribution in [0.1, 0.15) is 37.3 Å². The molecule has 0 bridgehead atoms. The maximum absolute atomic E-state index is 11.0. The molecule has 138 valence electrons. The van der Waals surface area contributed by atoms with Crippen LogP contribution in [0.5, 0.6) is 0 Å². The molecule has 6 heteroatoms. The van der Waals surface area contributed by atoms with Crippen molar-refractivity contribution in [1.82, 2.24) is 14.5 Å². The lowest BCUT2D eigenvalue weighted by Gasteiger charge is -2.34. The molecule has 0 saturated carbocycles. The number of anilines is 2. The van der Waals surface area contributed by atoms with Crippen LogP contribution in [-0.2, 0) is 13.1 Å². The lowest BCUT2D eigenvalue weighted by Crippen LogP contribution is -2.39. The zero-order chi connectivity index (χ0) is 18.3. The Balaban J connectivity index is 1.79. The van der Waals surface area contributed by atoms with Crippen molar-refractivity contribution in [2.24, 2.45) is 0 Å². The Labute approximate surface area is 155 Å². The highest BCUT2D eigenvalue weighted by atomic mass is 16.3. The van der Waals surface area contributed by atoms with Gasteiger partial charge >= 0.3 is 0 Å². The standard InChI is InChI=1S/C20H27N5O/c1-4-8-16-12-24(11-15-9-6-5-7-10-15)20-21-18-17(25(20)19(16)26)13-22(2)14-23(18)3/h5-7,9-10,12,19,26H,4,8,11,13-14H2,1-3H3. The van der Waals surface area contributed by atoms with Gasteiger partial charge in [0.1, 0.15) is 0 Å². The summed E-state index contributed by atoms with van der Waals surface area (Å²) in [5, 5.41) is 11.0. The molecule has 2 aliphatic heterocycles. The molecule has 3 heterocycles. The van der Waals surface area contributed by atoms with Crippen LogP contribution in [0.3, 0.4) is 0 Å². The molecule has 1 aromatic heterocycles. The molecule has 0 spiro atoms. The Morgan fingerprint density at radius 3 is 2.69 bits per heavy atom. The first-order valence-corrected chi connectivity index (χ1v) is 9.28. The van der Waals surface area contributed by atoms with E-state index in [9.17, 15) is 5.11 Å². The number of hydrogen-bond acceptors (Lipinski definition) is 5. The van der Waals surface area contributed by atoms with Crippen molar-refractivity contribution in [2.45, 2.75) is 39.1 Å². The first-order chi connectivity index (χ1) is 12.6. The number of benzene rings is 1. The highest BCUT2D eigenvalue weighted by molar-refractivity contribution is 5.57. The summed E-state index contributed by atoms with van der Waals surface area (Å²) in [5.41, 5.74) is 3.37. The van der Waals surface area contributed by atoms with Gasteiger partial charge in [-0.2, -0.15) is 4.98 Å². The van der Waals surface area contributed by atoms with Crippen LogP contribution < -0.4 is 9.80 Å². The number of aliphatic hydroxyl groups excluding tert-OH is 1. The summed E-state index contributed by atoms with van der Waals surface area (Å²) >= 11 is 0. The minimum atomic E-state index is -0.631. The molecule has 1 atom stereocenters. The van der Waals surface area contributed by atoms with Gasteiger partial charge in [0, 0.05) is 19.8 Å². The second-order valence-electron chi connectivity index (χ2n) is 7.35. The third-order valence-corrected chi connectivity index (χ3v) is 5.09. The number of aliphatic hydroxyl groups is 1. The van der Waals surface area contributed by atoms with Crippen LogP contribution in [0.15, 0.2) is 42.1 Å². The molecule has 0 aliphatic carbocycles. The van der Waals surface area contributed by atoms with Crippen LogP contribution in [0.25, 0.3) is 0 Å². The molecule has 1 N–H and O–H groups in total. The van der Waals surface area contributed by atoms with E-state index >= 15 is 0 Å². The Hall–Kier alpha value is -2.31. The van der Waals surface area contributed by atoms with E-state index in [1.807, 2.05) is 10.6 Å². The third-order valence-electron chi connectivity index (χ3n) is 5.09. The molecule has 2 aliphatic rings. The minimum Gasteiger partial charge on any atom is -0.369 e. The second kappa shape index (κ2) is 6.78. The molecule has 0 amide bonds. The summed E-state index contributed by atoms with van der Waals surface area (Å²) in [6.07, 6.45) is 3.35. The lowest BCUT2D eigenvalue weighted by atomic mass is 10.1. The first kappa shape index (κ1) is 17.1. The molecule has 0 fully saturated rings. The minimum absolute atomic E-state index is 0.631. The van der Waals surface area contributed by atoms with Gasteiger partial charge in [0.2, 0.25) is 5.95 Å². The van der Waals surface area contributed by atoms with Crippen LogP contribution in [0, 0.1) is 0 Å². The fourth-order valence-electron chi connectivity index (χ4n) is 3.96. The molecule has 26 heavy (non-hydrogen) atoms. The van der Waals surface area contributed by atoms with E-state index in [0.29, 0.717) is 0 Å². The smallest absolute Gasteiger partial charge is 0.214 e. The first-order valence-electron chi connectivity index (χ1n) is 9.28. The van der Waals surface area contributed by atoms with Crippen LogP contribution >= 0.6 is 0 Å². The Morgan fingerprint density at radius 2 is 1.96 bits per heavy atom.